The van der Waals surface area contributed by atoms with Gasteiger partial charge in [-0.2, -0.15) is 0 Å². The van der Waals surface area contributed by atoms with E-state index in [1.807, 2.05) is 30.8 Å². The highest BCUT2D eigenvalue weighted by molar-refractivity contribution is 8.14. The lowest BCUT2D eigenvalue weighted by atomic mass is 9.93. The summed E-state index contributed by atoms with van der Waals surface area (Å²) in [4.78, 5) is 5.01. The number of aliphatic hydroxyl groups is 1. The lowest BCUT2D eigenvalue weighted by Gasteiger charge is -2.17. The summed E-state index contributed by atoms with van der Waals surface area (Å²) in [5.74, 6) is 0.748. The summed E-state index contributed by atoms with van der Waals surface area (Å²) in [6.07, 6.45) is 12.9. The molecular weight excluding hydrogens is 490 g/mol. The highest BCUT2D eigenvalue weighted by atomic mass is 32.2. The number of sulfone groups is 1. The quantitative estimate of drug-likeness (QED) is 0.207. The molecular formula is C25H40FN2O3PS2. The van der Waals surface area contributed by atoms with E-state index in [9.17, 15) is 17.9 Å². The molecule has 5 nitrogen and oxygen atoms in total. The highest BCUT2D eigenvalue weighted by Crippen LogP contribution is 2.39. The number of allylic oxidation sites excluding steroid dienone is 4. The van der Waals surface area contributed by atoms with Crippen LogP contribution >= 0.6 is 21.0 Å². The van der Waals surface area contributed by atoms with Crippen molar-refractivity contribution in [3.63, 3.8) is 0 Å². The monoisotopic (exact) mass is 530 g/mol. The second-order valence-corrected chi connectivity index (χ2v) is 13.4. The Hall–Kier alpha value is -0.530. The van der Waals surface area contributed by atoms with Crippen molar-refractivity contribution in [2.75, 3.05) is 24.2 Å². The fourth-order valence-corrected chi connectivity index (χ4v) is 7.93. The van der Waals surface area contributed by atoms with Crippen LogP contribution in [0.3, 0.4) is 0 Å². The summed E-state index contributed by atoms with van der Waals surface area (Å²) in [5.41, 5.74) is 2.35. The Morgan fingerprint density at radius 2 is 2.12 bits per heavy atom. The minimum absolute atomic E-state index is 0.136. The molecule has 3 rings (SSSR count). The minimum atomic E-state index is -2.90. The van der Waals surface area contributed by atoms with E-state index in [1.54, 1.807) is 6.08 Å². The predicted molar refractivity (Wildman–Crippen MR) is 146 cm³/mol. The molecule has 1 fully saturated rings. The Labute approximate surface area is 211 Å². The molecule has 1 aliphatic carbocycles. The fourth-order valence-electron chi connectivity index (χ4n) is 4.88. The van der Waals surface area contributed by atoms with E-state index >= 15 is 0 Å². The van der Waals surface area contributed by atoms with E-state index in [0.29, 0.717) is 12.8 Å². The molecule has 0 spiro atoms. The Bertz CT molecular complexity index is 904. The van der Waals surface area contributed by atoms with Crippen molar-refractivity contribution in [3.8, 4) is 0 Å². The van der Waals surface area contributed by atoms with Gasteiger partial charge in [-0.15, -0.1) is 9.24 Å². The predicted octanol–water partition coefficient (Wildman–Crippen LogP) is 4.60. The number of nitrogens with one attached hydrogen (secondary N) is 1. The van der Waals surface area contributed by atoms with Crippen LogP contribution in [0.15, 0.2) is 40.4 Å². The minimum Gasteiger partial charge on any atom is -0.386 e. The second-order valence-electron chi connectivity index (χ2n) is 9.44. The summed E-state index contributed by atoms with van der Waals surface area (Å²) >= 11 is 1.81. The molecule has 192 valence electrons. The number of rotatable bonds is 13. The van der Waals surface area contributed by atoms with E-state index in [-0.39, 0.29) is 35.3 Å². The molecule has 6 atom stereocenters. The lowest BCUT2D eigenvalue weighted by Crippen LogP contribution is -2.24. The van der Waals surface area contributed by atoms with Crippen LogP contribution in [0.4, 0.5) is 4.39 Å². The van der Waals surface area contributed by atoms with Gasteiger partial charge in [-0.3, -0.25) is 4.99 Å². The van der Waals surface area contributed by atoms with Crippen LogP contribution in [-0.4, -0.2) is 66.5 Å². The standard InChI is InChI=1S/C25H40FN2O3PS2/c1-2-14-34(30,31)15-6-8-18(12-13-32)7-3-4-11-23-28-24-20(17-27-25(24)33-23)19-9-5-10-21(26)22(29)16-19/h5,9,12,16,20-22,24-25,27,29H,2-4,6-8,10-11,13-15,17,32H2,1H3. The van der Waals surface area contributed by atoms with Gasteiger partial charge in [-0.25, -0.2) is 12.8 Å². The molecule has 0 amide bonds. The fraction of sp³-hybridized carbons (Fsp3) is 0.720. The zero-order chi connectivity index (χ0) is 24.6. The number of fused-ring (bicyclic) bond motifs is 1. The molecule has 34 heavy (non-hydrogen) atoms. The molecule has 0 aromatic heterocycles. The van der Waals surface area contributed by atoms with Gasteiger partial charge in [0.1, 0.15) is 22.1 Å². The topological polar surface area (TPSA) is 78.8 Å². The van der Waals surface area contributed by atoms with Gasteiger partial charge >= 0.3 is 0 Å². The first-order valence-corrected chi connectivity index (χ1v) is 16.1. The normalized spacial score (nSPS) is 29.6. The number of hydrogen-bond donors (Lipinski definition) is 2. The summed E-state index contributed by atoms with van der Waals surface area (Å²) in [5, 5.41) is 15.0. The molecule has 6 unspecified atom stereocenters. The molecule has 2 aliphatic heterocycles. The number of hydrogen-bond acceptors (Lipinski definition) is 6. The molecule has 2 N–H and O–H groups in total. The van der Waals surface area contributed by atoms with Crippen molar-refractivity contribution in [2.24, 2.45) is 10.9 Å². The number of halogens is 1. The maximum Gasteiger partial charge on any atom is 0.150 e. The maximum atomic E-state index is 13.8. The van der Waals surface area contributed by atoms with Crippen LogP contribution in [0.5, 0.6) is 0 Å². The van der Waals surface area contributed by atoms with Crippen LogP contribution in [0.1, 0.15) is 58.3 Å². The molecule has 2 heterocycles. The summed E-state index contributed by atoms with van der Waals surface area (Å²) in [6, 6.07) is 0.136. The van der Waals surface area contributed by atoms with Gasteiger partial charge in [0.2, 0.25) is 0 Å². The highest BCUT2D eigenvalue weighted by Gasteiger charge is 2.42. The third kappa shape index (κ3) is 8.26. The molecule has 9 heteroatoms. The zero-order valence-electron chi connectivity index (χ0n) is 20.2. The summed E-state index contributed by atoms with van der Waals surface area (Å²) < 4.78 is 37.7. The third-order valence-corrected chi connectivity index (χ3v) is 10.1. The van der Waals surface area contributed by atoms with Gasteiger partial charge in [0, 0.05) is 18.2 Å². The number of alkyl halides is 1. The van der Waals surface area contributed by atoms with Crippen LogP contribution in [0, 0.1) is 5.92 Å². The van der Waals surface area contributed by atoms with Gasteiger partial charge < -0.3 is 10.4 Å². The van der Waals surface area contributed by atoms with Crippen molar-refractivity contribution in [2.45, 2.75) is 82.0 Å². The van der Waals surface area contributed by atoms with Gasteiger partial charge in [-0.05, 0) is 69.2 Å². The van der Waals surface area contributed by atoms with E-state index in [4.69, 9.17) is 4.99 Å². The molecule has 3 aliphatic rings. The number of unbranched alkanes of at least 4 members (excludes halogenated alkanes) is 1. The molecule has 0 radical (unpaired) electrons. The Morgan fingerprint density at radius 3 is 2.88 bits per heavy atom. The molecule has 0 saturated carbocycles. The van der Waals surface area contributed by atoms with Crippen LogP contribution in [0.2, 0.25) is 0 Å². The average molecular weight is 531 g/mol. The van der Waals surface area contributed by atoms with E-state index in [1.165, 1.54) is 10.6 Å². The maximum absolute atomic E-state index is 13.8. The molecule has 0 aromatic rings. The van der Waals surface area contributed by atoms with Gasteiger partial charge in [0.25, 0.3) is 0 Å². The summed E-state index contributed by atoms with van der Waals surface area (Å²) in [7, 11) is -0.175. The first kappa shape index (κ1) is 28.0. The van der Waals surface area contributed by atoms with E-state index < -0.39 is 22.1 Å². The van der Waals surface area contributed by atoms with Gasteiger partial charge in [0.05, 0.1) is 22.2 Å². The van der Waals surface area contributed by atoms with Crippen molar-refractivity contribution in [3.05, 3.63) is 35.5 Å². The molecule has 0 bridgehead atoms. The van der Waals surface area contributed by atoms with Crippen LogP contribution < -0.4 is 5.32 Å². The average Bonchev–Trinajstić information content (AvgIpc) is 3.31. The molecule has 1 saturated heterocycles. The van der Waals surface area contributed by atoms with E-state index in [2.05, 4.69) is 20.6 Å². The van der Waals surface area contributed by atoms with Crippen molar-refractivity contribution >= 4 is 35.9 Å². The Balaban J connectivity index is 1.45. The Morgan fingerprint density at radius 1 is 1.32 bits per heavy atom. The van der Waals surface area contributed by atoms with Crippen LogP contribution in [0.25, 0.3) is 0 Å². The van der Waals surface area contributed by atoms with Crippen LogP contribution in [-0.2, 0) is 9.84 Å². The number of aliphatic hydroxyl groups excluding tert-OH is 1. The number of aliphatic imine (C=N–C) groups is 1. The Kier molecular flexibility index (Phi) is 11.3. The van der Waals surface area contributed by atoms with Crippen molar-refractivity contribution in [1.82, 2.24) is 5.32 Å². The lowest BCUT2D eigenvalue weighted by molar-refractivity contribution is 0.118. The van der Waals surface area contributed by atoms with Crippen molar-refractivity contribution in [1.29, 1.82) is 0 Å². The zero-order valence-corrected chi connectivity index (χ0v) is 23.0. The smallest absolute Gasteiger partial charge is 0.150 e. The molecule has 0 aromatic carbocycles. The van der Waals surface area contributed by atoms with Gasteiger partial charge in [0.15, 0.2) is 0 Å². The SMILES string of the molecule is CCCS(=O)(=O)CCCC(=CCP)CCCCC1=NC2C(NCC2C2=CC(O)C(F)CC=C2)S1. The largest absolute Gasteiger partial charge is 0.386 e. The van der Waals surface area contributed by atoms with E-state index in [0.717, 1.165) is 50.4 Å². The third-order valence-electron chi connectivity index (χ3n) is 6.66. The number of thioether (sulfide) groups is 1. The second kappa shape index (κ2) is 13.7. The van der Waals surface area contributed by atoms with Gasteiger partial charge in [-0.1, -0.05) is 42.5 Å². The first-order valence-electron chi connectivity index (χ1n) is 12.6. The van der Waals surface area contributed by atoms with Crippen molar-refractivity contribution < 1.29 is 17.9 Å². The summed E-state index contributed by atoms with van der Waals surface area (Å²) in [6.45, 7) is 2.71. The first-order chi connectivity index (χ1) is 16.3. The number of nitrogens with zero attached hydrogens (tertiary/aromatic N) is 1.